The van der Waals surface area contributed by atoms with Crippen LogP contribution in [-0.2, 0) is 28.5 Å². The summed E-state index contributed by atoms with van der Waals surface area (Å²) in [6, 6.07) is 0. The van der Waals surface area contributed by atoms with Gasteiger partial charge in [0.1, 0.15) is 12.9 Å². The molecule has 1 saturated heterocycles. The number of rotatable bonds is 4. The highest BCUT2D eigenvalue weighted by molar-refractivity contribution is 6.29. The van der Waals surface area contributed by atoms with Gasteiger partial charge in [0, 0.05) is 0 Å². The largest absolute Gasteiger partial charge is 0.457 e. The molecule has 1 rings (SSSR count). The first kappa shape index (κ1) is 13.9. The van der Waals surface area contributed by atoms with Gasteiger partial charge in [0.15, 0.2) is 0 Å². The number of hydrogen-bond donors (Lipinski definition) is 0. The molecule has 0 unspecified atom stereocenters. The second kappa shape index (κ2) is 7.24. The van der Waals surface area contributed by atoms with E-state index in [0.717, 1.165) is 0 Å². The van der Waals surface area contributed by atoms with Crippen LogP contribution >= 0.6 is 0 Å². The minimum Gasteiger partial charge on any atom is -0.457 e. The standard InChI is InChI=1S/C11H18O6/c1-8(2)3-4-16-10(12)11(13)17-9-5-14-7-15-6-9/h8-9H,3-7H2,1-2H3. The molecule has 0 spiro atoms. The molecule has 98 valence electrons. The van der Waals surface area contributed by atoms with Crippen LogP contribution in [0.1, 0.15) is 20.3 Å². The van der Waals surface area contributed by atoms with Crippen LogP contribution in [0, 0.1) is 5.92 Å². The second-order valence-electron chi connectivity index (χ2n) is 4.21. The summed E-state index contributed by atoms with van der Waals surface area (Å²) in [4.78, 5) is 22.5. The zero-order valence-corrected chi connectivity index (χ0v) is 10.1. The van der Waals surface area contributed by atoms with E-state index in [1.54, 1.807) is 0 Å². The Labute approximate surface area is 100 Å². The van der Waals surface area contributed by atoms with Crippen LogP contribution < -0.4 is 0 Å². The van der Waals surface area contributed by atoms with E-state index in [1.165, 1.54) is 0 Å². The third kappa shape index (κ3) is 5.65. The van der Waals surface area contributed by atoms with E-state index in [0.29, 0.717) is 12.3 Å². The Morgan fingerprint density at radius 3 is 2.47 bits per heavy atom. The van der Waals surface area contributed by atoms with Crippen molar-refractivity contribution >= 4 is 11.9 Å². The van der Waals surface area contributed by atoms with E-state index in [2.05, 4.69) is 0 Å². The van der Waals surface area contributed by atoms with Crippen molar-refractivity contribution in [2.75, 3.05) is 26.6 Å². The van der Waals surface area contributed by atoms with Crippen LogP contribution in [0.25, 0.3) is 0 Å². The Morgan fingerprint density at radius 2 is 1.88 bits per heavy atom. The highest BCUT2D eigenvalue weighted by Gasteiger charge is 2.24. The Bertz CT molecular complexity index is 257. The minimum absolute atomic E-state index is 0.187. The van der Waals surface area contributed by atoms with Gasteiger partial charge in [0.2, 0.25) is 0 Å². The maximum absolute atomic E-state index is 11.3. The molecule has 0 aliphatic carbocycles. The van der Waals surface area contributed by atoms with Crippen molar-refractivity contribution in [1.29, 1.82) is 0 Å². The zero-order valence-electron chi connectivity index (χ0n) is 10.1. The van der Waals surface area contributed by atoms with E-state index in [9.17, 15) is 9.59 Å². The Hall–Kier alpha value is -1.14. The molecule has 0 aromatic heterocycles. The molecule has 1 aliphatic rings. The number of carbonyl (C=O) groups excluding carboxylic acids is 2. The van der Waals surface area contributed by atoms with Crippen LogP contribution in [0.2, 0.25) is 0 Å². The van der Waals surface area contributed by atoms with Gasteiger partial charge < -0.3 is 18.9 Å². The molecular formula is C11H18O6. The van der Waals surface area contributed by atoms with Crippen molar-refractivity contribution < 1.29 is 28.5 Å². The predicted octanol–water partition coefficient (Wildman–Crippen LogP) is 0.492. The molecule has 6 heteroatoms. The van der Waals surface area contributed by atoms with Crippen LogP contribution in [0.3, 0.4) is 0 Å². The number of hydrogen-bond acceptors (Lipinski definition) is 6. The fourth-order valence-corrected chi connectivity index (χ4v) is 1.18. The van der Waals surface area contributed by atoms with Crippen molar-refractivity contribution in [3.05, 3.63) is 0 Å². The maximum atomic E-state index is 11.3. The van der Waals surface area contributed by atoms with Gasteiger partial charge in [-0.05, 0) is 12.3 Å². The molecule has 0 aromatic carbocycles. The van der Waals surface area contributed by atoms with E-state index in [4.69, 9.17) is 18.9 Å². The normalized spacial score (nSPS) is 16.9. The molecule has 17 heavy (non-hydrogen) atoms. The molecule has 0 radical (unpaired) electrons. The summed E-state index contributed by atoms with van der Waals surface area (Å²) < 4.78 is 19.5. The Kier molecular flexibility index (Phi) is 5.93. The van der Waals surface area contributed by atoms with Gasteiger partial charge in [-0.15, -0.1) is 0 Å². The SMILES string of the molecule is CC(C)CCOC(=O)C(=O)OC1COCOC1. The van der Waals surface area contributed by atoms with Crippen LogP contribution in [0.5, 0.6) is 0 Å². The Balaban J connectivity index is 2.19. The molecule has 1 fully saturated rings. The van der Waals surface area contributed by atoms with Gasteiger partial charge in [-0.1, -0.05) is 13.8 Å². The summed E-state index contributed by atoms with van der Waals surface area (Å²) in [7, 11) is 0. The van der Waals surface area contributed by atoms with Gasteiger partial charge in [-0.2, -0.15) is 0 Å². The summed E-state index contributed by atoms with van der Waals surface area (Å²) >= 11 is 0. The first-order chi connectivity index (χ1) is 8.09. The van der Waals surface area contributed by atoms with Crippen molar-refractivity contribution in [3.8, 4) is 0 Å². The number of carbonyl (C=O) groups is 2. The summed E-state index contributed by atoms with van der Waals surface area (Å²) in [6.45, 7) is 4.90. The molecule has 6 nitrogen and oxygen atoms in total. The smallest absolute Gasteiger partial charge is 0.417 e. The zero-order chi connectivity index (χ0) is 12.7. The van der Waals surface area contributed by atoms with Crippen molar-refractivity contribution in [2.45, 2.75) is 26.4 Å². The van der Waals surface area contributed by atoms with Crippen molar-refractivity contribution in [3.63, 3.8) is 0 Å². The first-order valence-electron chi connectivity index (χ1n) is 5.63. The van der Waals surface area contributed by atoms with E-state index in [1.807, 2.05) is 13.8 Å². The second-order valence-corrected chi connectivity index (χ2v) is 4.21. The minimum atomic E-state index is -0.993. The van der Waals surface area contributed by atoms with Crippen molar-refractivity contribution in [2.24, 2.45) is 5.92 Å². The van der Waals surface area contributed by atoms with Crippen LogP contribution in [0.15, 0.2) is 0 Å². The van der Waals surface area contributed by atoms with E-state index < -0.39 is 18.0 Å². The lowest BCUT2D eigenvalue weighted by atomic mass is 10.1. The van der Waals surface area contributed by atoms with Crippen LogP contribution in [0.4, 0.5) is 0 Å². The number of ether oxygens (including phenoxy) is 4. The van der Waals surface area contributed by atoms with Gasteiger partial charge >= 0.3 is 11.9 Å². The highest BCUT2D eigenvalue weighted by atomic mass is 16.7. The van der Waals surface area contributed by atoms with Crippen LogP contribution in [-0.4, -0.2) is 44.7 Å². The summed E-state index contributed by atoms with van der Waals surface area (Å²) in [5, 5.41) is 0. The third-order valence-electron chi connectivity index (χ3n) is 2.14. The molecular weight excluding hydrogens is 228 g/mol. The van der Waals surface area contributed by atoms with E-state index >= 15 is 0 Å². The van der Waals surface area contributed by atoms with Gasteiger partial charge in [0.05, 0.1) is 19.8 Å². The lowest BCUT2D eigenvalue weighted by Gasteiger charge is -2.21. The molecule has 0 N–H and O–H groups in total. The summed E-state index contributed by atoms with van der Waals surface area (Å²) in [6.07, 6.45) is 0.184. The summed E-state index contributed by atoms with van der Waals surface area (Å²) in [5.74, 6) is -1.54. The predicted molar refractivity (Wildman–Crippen MR) is 57.1 cm³/mol. The molecule has 0 amide bonds. The lowest BCUT2D eigenvalue weighted by molar-refractivity contribution is -0.191. The van der Waals surface area contributed by atoms with Gasteiger partial charge in [-0.25, -0.2) is 9.59 Å². The molecule has 1 aliphatic heterocycles. The summed E-state index contributed by atoms with van der Waals surface area (Å²) in [5.41, 5.74) is 0. The third-order valence-corrected chi connectivity index (χ3v) is 2.14. The lowest BCUT2D eigenvalue weighted by Crippen LogP contribution is -2.36. The molecule has 1 heterocycles. The van der Waals surface area contributed by atoms with Crippen molar-refractivity contribution in [1.82, 2.24) is 0 Å². The fraction of sp³-hybridized carbons (Fsp3) is 0.818. The average Bonchev–Trinajstić information content (AvgIpc) is 2.29. The van der Waals surface area contributed by atoms with E-state index in [-0.39, 0.29) is 26.6 Å². The molecule has 0 aromatic rings. The molecule has 0 bridgehead atoms. The first-order valence-corrected chi connectivity index (χ1v) is 5.63. The van der Waals surface area contributed by atoms with Gasteiger partial charge in [0.25, 0.3) is 0 Å². The van der Waals surface area contributed by atoms with Gasteiger partial charge in [-0.3, -0.25) is 0 Å². The fourth-order valence-electron chi connectivity index (χ4n) is 1.18. The number of esters is 2. The molecule has 0 atom stereocenters. The monoisotopic (exact) mass is 246 g/mol. The molecule has 0 saturated carbocycles. The quantitative estimate of drug-likeness (QED) is 0.531. The maximum Gasteiger partial charge on any atom is 0.417 e. The topological polar surface area (TPSA) is 71.1 Å². The average molecular weight is 246 g/mol. The Morgan fingerprint density at radius 1 is 1.24 bits per heavy atom. The highest BCUT2D eigenvalue weighted by Crippen LogP contribution is 2.03.